The number of hydrogen-bond donors (Lipinski definition) is 1. The third kappa shape index (κ3) is 4.60. The molecule has 0 radical (unpaired) electrons. The summed E-state index contributed by atoms with van der Waals surface area (Å²) in [6, 6.07) is 7.58. The van der Waals surface area contributed by atoms with Crippen LogP contribution in [0.5, 0.6) is 11.5 Å². The lowest BCUT2D eigenvalue weighted by Gasteiger charge is -2.29. The van der Waals surface area contributed by atoms with Gasteiger partial charge < -0.3 is 14.0 Å². The van der Waals surface area contributed by atoms with E-state index in [1.54, 1.807) is 25.1 Å². The van der Waals surface area contributed by atoms with Crippen molar-refractivity contribution in [3.63, 3.8) is 0 Å². The molecule has 12 heteroatoms. The third-order valence-corrected chi connectivity index (χ3v) is 6.75. The van der Waals surface area contributed by atoms with Crippen LogP contribution in [-0.2, 0) is 27.8 Å². The fourth-order valence-electron chi connectivity index (χ4n) is 3.39. The van der Waals surface area contributed by atoms with Crippen molar-refractivity contribution in [3.05, 3.63) is 52.6 Å². The van der Waals surface area contributed by atoms with Crippen molar-refractivity contribution >= 4 is 38.9 Å². The lowest BCUT2D eigenvalue weighted by molar-refractivity contribution is -0.121. The predicted molar refractivity (Wildman–Crippen MR) is 120 cm³/mol. The highest BCUT2D eigenvalue weighted by atomic mass is 35.5. The van der Waals surface area contributed by atoms with Gasteiger partial charge in [-0.1, -0.05) is 23.7 Å². The topological polar surface area (TPSA) is 124 Å². The molecular formula is C21H21ClN4O6S. The molecule has 3 aromatic rings. The molecule has 1 aromatic heterocycles. The predicted octanol–water partition coefficient (Wildman–Crippen LogP) is 3.33. The van der Waals surface area contributed by atoms with Crippen molar-refractivity contribution in [1.82, 2.24) is 10.1 Å². The highest BCUT2D eigenvalue weighted by molar-refractivity contribution is 7.92. The Balaban J connectivity index is 1.68. The Kier molecular flexibility index (Phi) is 6.17. The summed E-state index contributed by atoms with van der Waals surface area (Å²) in [5.41, 5.74) is 1.03. The second kappa shape index (κ2) is 8.91. The number of halogens is 1. The molecular weight excluding hydrogens is 472 g/mol. The van der Waals surface area contributed by atoms with Gasteiger partial charge in [-0.25, -0.2) is 8.42 Å². The first-order valence-corrected chi connectivity index (χ1v) is 11.8. The number of amides is 1. The summed E-state index contributed by atoms with van der Waals surface area (Å²) >= 11 is 6.02. The van der Waals surface area contributed by atoms with E-state index in [4.69, 9.17) is 25.6 Å². The average Bonchev–Trinajstić information content (AvgIpc) is 3.23. The average molecular weight is 493 g/mol. The summed E-state index contributed by atoms with van der Waals surface area (Å²) in [5.74, 6) is 1.07. The number of fused-ring (bicyclic) bond motifs is 1. The number of sulfonamides is 1. The molecule has 0 atom stereocenters. The van der Waals surface area contributed by atoms with Gasteiger partial charge in [-0.2, -0.15) is 4.98 Å². The van der Waals surface area contributed by atoms with Crippen LogP contribution in [0, 0.1) is 6.92 Å². The van der Waals surface area contributed by atoms with E-state index in [-0.39, 0.29) is 35.4 Å². The van der Waals surface area contributed by atoms with E-state index in [0.29, 0.717) is 40.2 Å². The number of aryl methyl sites for hydroxylation is 2. The number of benzene rings is 2. The standard InChI is InChI=1S/C21H21ClN4O6S/c1-4-20-23-19(24-32-20)10-26-15-7-12(2)18(9-17(15)31-11-21(26)27)33(28,29)25-14-8-13(22)5-6-16(14)30-3/h5-9,25H,4,10-11H2,1-3H3. The molecule has 0 unspecified atom stereocenters. The van der Waals surface area contributed by atoms with Crippen LogP contribution in [0.15, 0.2) is 39.8 Å². The van der Waals surface area contributed by atoms with Crippen molar-refractivity contribution in [2.75, 3.05) is 23.3 Å². The van der Waals surface area contributed by atoms with Crippen molar-refractivity contribution < 1.29 is 27.2 Å². The van der Waals surface area contributed by atoms with Gasteiger partial charge in [-0.3, -0.25) is 14.4 Å². The summed E-state index contributed by atoms with van der Waals surface area (Å²) in [7, 11) is -2.60. The van der Waals surface area contributed by atoms with Crippen LogP contribution < -0.4 is 19.1 Å². The Morgan fingerprint density at radius 1 is 1.27 bits per heavy atom. The molecule has 174 valence electrons. The number of nitrogens with one attached hydrogen (secondary N) is 1. The van der Waals surface area contributed by atoms with Crippen molar-refractivity contribution in [2.45, 2.75) is 31.7 Å². The minimum Gasteiger partial charge on any atom is -0.495 e. The first-order chi connectivity index (χ1) is 15.7. The smallest absolute Gasteiger partial charge is 0.265 e. The third-order valence-electron chi connectivity index (χ3n) is 5.01. The molecule has 0 saturated heterocycles. The summed E-state index contributed by atoms with van der Waals surface area (Å²) in [5, 5.41) is 4.24. The van der Waals surface area contributed by atoms with Crippen LogP contribution in [0.2, 0.25) is 5.02 Å². The summed E-state index contributed by atoms with van der Waals surface area (Å²) in [4.78, 5) is 18.2. The largest absolute Gasteiger partial charge is 0.495 e. The van der Waals surface area contributed by atoms with E-state index in [1.165, 1.54) is 24.1 Å². The lowest BCUT2D eigenvalue weighted by atomic mass is 10.1. The van der Waals surface area contributed by atoms with Crippen LogP contribution in [0.1, 0.15) is 24.2 Å². The number of nitrogens with zero attached hydrogens (tertiary/aromatic N) is 3. The fraction of sp³-hybridized carbons (Fsp3) is 0.286. The van der Waals surface area contributed by atoms with Crippen molar-refractivity contribution in [3.8, 4) is 11.5 Å². The monoisotopic (exact) mass is 492 g/mol. The molecule has 0 saturated carbocycles. The van der Waals surface area contributed by atoms with E-state index in [9.17, 15) is 13.2 Å². The van der Waals surface area contributed by atoms with Gasteiger partial charge in [-0.05, 0) is 36.8 Å². The maximum Gasteiger partial charge on any atom is 0.265 e. The molecule has 1 aliphatic rings. The number of rotatable bonds is 7. The lowest BCUT2D eigenvalue weighted by Crippen LogP contribution is -2.38. The quantitative estimate of drug-likeness (QED) is 0.532. The molecule has 4 rings (SSSR count). The number of carbonyl (C=O) groups excluding carboxylic acids is 1. The molecule has 1 N–H and O–H groups in total. The van der Waals surface area contributed by atoms with Gasteiger partial charge in [0, 0.05) is 17.5 Å². The molecule has 1 aliphatic heterocycles. The van der Waals surface area contributed by atoms with E-state index in [1.807, 2.05) is 6.92 Å². The number of aromatic nitrogens is 2. The van der Waals surface area contributed by atoms with Gasteiger partial charge in [0.05, 0.1) is 29.9 Å². The van der Waals surface area contributed by atoms with Crippen molar-refractivity contribution in [2.24, 2.45) is 0 Å². The summed E-state index contributed by atoms with van der Waals surface area (Å²) in [6.07, 6.45) is 0.575. The van der Waals surface area contributed by atoms with Crippen LogP contribution in [0.3, 0.4) is 0 Å². The highest BCUT2D eigenvalue weighted by Crippen LogP contribution is 2.38. The van der Waals surface area contributed by atoms with Crippen LogP contribution in [0.25, 0.3) is 0 Å². The molecule has 1 amide bonds. The fourth-order valence-corrected chi connectivity index (χ4v) is 4.87. The Hall–Kier alpha value is -3.31. The molecule has 0 fully saturated rings. The SMILES string of the molecule is CCc1nc(CN2C(=O)COc3cc(S(=O)(=O)Nc4cc(Cl)ccc4OC)c(C)cc32)no1. The summed E-state index contributed by atoms with van der Waals surface area (Å²) < 4.78 is 44.7. The van der Waals surface area contributed by atoms with Crippen molar-refractivity contribution in [1.29, 1.82) is 0 Å². The zero-order valence-corrected chi connectivity index (χ0v) is 19.7. The maximum absolute atomic E-state index is 13.2. The normalized spacial score (nSPS) is 13.5. The van der Waals surface area contributed by atoms with Gasteiger partial charge in [0.25, 0.3) is 15.9 Å². The van der Waals surface area contributed by atoms with Crippen LogP contribution in [0.4, 0.5) is 11.4 Å². The summed E-state index contributed by atoms with van der Waals surface area (Å²) in [6.45, 7) is 3.33. The Bertz CT molecular complexity index is 1320. The zero-order chi connectivity index (χ0) is 23.8. The maximum atomic E-state index is 13.2. The first kappa shape index (κ1) is 22.9. The van der Waals surface area contributed by atoms with Crippen LogP contribution in [-0.4, -0.2) is 38.2 Å². The molecule has 0 spiro atoms. The molecule has 0 bridgehead atoms. The molecule has 0 aliphatic carbocycles. The van der Waals surface area contributed by atoms with E-state index in [0.717, 1.165) is 0 Å². The molecule has 2 heterocycles. The van der Waals surface area contributed by atoms with Gasteiger partial charge >= 0.3 is 0 Å². The molecule has 2 aromatic carbocycles. The second-order valence-electron chi connectivity index (χ2n) is 7.26. The first-order valence-electron chi connectivity index (χ1n) is 9.97. The molecule has 33 heavy (non-hydrogen) atoms. The highest BCUT2D eigenvalue weighted by Gasteiger charge is 2.30. The van der Waals surface area contributed by atoms with E-state index in [2.05, 4.69) is 14.9 Å². The number of anilines is 2. The Morgan fingerprint density at radius 3 is 2.76 bits per heavy atom. The Labute approximate surface area is 195 Å². The second-order valence-corrected chi connectivity index (χ2v) is 9.35. The minimum absolute atomic E-state index is 0.00888. The number of hydrogen-bond acceptors (Lipinski definition) is 8. The van der Waals surface area contributed by atoms with E-state index >= 15 is 0 Å². The zero-order valence-electron chi connectivity index (χ0n) is 18.1. The van der Waals surface area contributed by atoms with Gasteiger partial charge in [-0.15, -0.1) is 0 Å². The van der Waals surface area contributed by atoms with Gasteiger partial charge in [0.2, 0.25) is 5.89 Å². The number of carbonyl (C=O) groups is 1. The number of ether oxygens (including phenoxy) is 2. The van der Waals surface area contributed by atoms with Gasteiger partial charge in [0.15, 0.2) is 12.4 Å². The van der Waals surface area contributed by atoms with Crippen LogP contribution >= 0.6 is 11.6 Å². The van der Waals surface area contributed by atoms with E-state index < -0.39 is 10.0 Å². The van der Waals surface area contributed by atoms with Gasteiger partial charge in [0.1, 0.15) is 11.5 Å². The Morgan fingerprint density at radius 2 is 2.06 bits per heavy atom. The number of methoxy groups -OCH3 is 1. The molecule has 10 nitrogen and oxygen atoms in total. The minimum atomic E-state index is -4.03.